The van der Waals surface area contributed by atoms with Crippen molar-refractivity contribution in [3.8, 4) is 6.07 Å². The van der Waals surface area contributed by atoms with Gasteiger partial charge in [-0.25, -0.2) is 0 Å². The normalized spacial score (nSPS) is 21.3. The highest BCUT2D eigenvalue weighted by Crippen LogP contribution is 2.43. The van der Waals surface area contributed by atoms with Crippen molar-refractivity contribution in [2.24, 2.45) is 5.41 Å². The lowest BCUT2D eigenvalue weighted by molar-refractivity contribution is -0.134. The second-order valence-corrected chi connectivity index (χ2v) is 6.87. The number of benzene rings is 1. The Morgan fingerprint density at radius 1 is 1.43 bits per heavy atom. The number of rotatable bonds is 5. The van der Waals surface area contributed by atoms with E-state index >= 15 is 0 Å². The molecule has 0 spiro atoms. The Balaban J connectivity index is 2.38. The number of nitriles is 1. The number of carbonyl (C=O) groups is 1. The highest BCUT2D eigenvalue weighted by Gasteiger charge is 2.45. The number of carbonyl (C=O) groups excluding carboxylic acids is 1. The van der Waals surface area contributed by atoms with Gasteiger partial charge in [0.1, 0.15) is 0 Å². The zero-order chi connectivity index (χ0) is 17.0. The van der Waals surface area contributed by atoms with E-state index in [1.807, 2.05) is 18.7 Å². The van der Waals surface area contributed by atoms with Crippen LogP contribution in [0.4, 0.5) is 0 Å². The molecule has 1 amide bonds. The van der Waals surface area contributed by atoms with Crippen LogP contribution in [0.15, 0.2) is 24.3 Å². The minimum absolute atomic E-state index is 0.0383. The summed E-state index contributed by atoms with van der Waals surface area (Å²) in [5, 5.41) is 12.5. The third kappa shape index (κ3) is 3.56. The molecule has 1 aliphatic rings. The lowest BCUT2D eigenvalue weighted by Crippen LogP contribution is -2.47. The van der Waals surface area contributed by atoms with E-state index in [0.29, 0.717) is 6.54 Å². The van der Waals surface area contributed by atoms with E-state index in [9.17, 15) is 10.1 Å². The molecule has 1 N–H and O–H groups in total. The van der Waals surface area contributed by atoms with E-state index in [2.05, 4.69) is 42.6 Å². The zero-order valence-corrected chi connectivity index (χ0v) is 14.6. The first-order chi connectivity index (χ1) is 10.9. The van der Waals surface area contributed by atoms with Gasteiger partial charge in [0.2, 0.25) is 5.91 Å². The highest BCUT2D eigenvalue weighted by atomic mass is 16.2. The largest absolute Gasteiger partial charge is 0.330 e. The number of nitrogens with zero attached hydrogens (tertiary/aromatic N) is 2. The Morgan fingerprint density at radius 2 is 2.17 bits per heavy atom. The van der Waals surface area contributed by atoms with Gasteiger partial charge in [-0.05, 0) is 51.3 Å². The van der Waals surface area contributed by atoms with Crippen molar-refractivity contribution in [1.82, 2.24) is 10.2 Å². The molecule has 2 atom stereocenters. The maximum Gasteiger partial charge on any atom is 0.237 e. The van der Waals surface area contributed by atoms with E-state index in [1.165, 1.54) is 11.1 Å². The number of amides is 1. The molecule has 0 aliphatic carbocycles. The quantitative estimate of drug-likeness (QED) is 0.909. The summed E-state index contributed by atoms with van der Waals surface area (Å²) in [6, 6.07) is 10.9. The fraction of sp³-hybridized carbons (Fsp3) is 0.579. The second kappa shape index (κ2) is 7.14. The van der Waals surface area contributed by atoms with Crippen LogP contribution in [0.3, 0.4) is 0 Å². The molecule has 0 bridgehead atoms. The van der Waals surface area contributed by atoms with E-state index in [4.69, 9.17) is 0 Å². The fourth-order valence-corrected chi connectivity index (χ4v) is 3.53. The molecule has 0 aromatic heterocycles. The highest BCUT2D eigenvalue weighted by molar-refractivity contribution is 5.79. The Hall–Kier alpha value is -1.86. The summed E-state index contributed by atoms with van der Waals surface area (Å²) in [7, 11) is 1.78. The molecule has 1 aliphatic heterocycles. The van der Waals surface area contributed by atoms with E-state index in [1.54, 1.807) is 7.05 Å². The molecule has 0 radical (unpaired) electrons. The lowest BCUT2D eigenvalue weighted by Gasteiger charge is -2.36. The number of aryl methyl sites for hydroxylation is 1. The predicted molar refractivity (Wildman–Crippen MR) is 91.7 cm³/mol. The van der Waals surface area contributed by atoms with Crippen LogP contribution in [0.2, 0.25) is 0 Å². The second-order valence-electron chi connectivity index (χ2n) is 6.87. The van der Waals surface area contributed by atoms with Crippen molar-refractivity contribution in [3.63, 3.8) is 0 Å². The Labute approximate surface area is 139 Å². The monoisotopic (exact) mass is 313 g/mol. The molecule has 124 valence electrons. The summed E-state index contributed by atoms with van der Waals surface area (Å²) in [6.45, 7) is 6.31. The average Bonchev–Trinajstić information content (AvgIpc) is 3.01. The van der Waals surface area contributed by atoms with Crippen molar-refractivity contribution < 1.29 is 4.79 Å². The minimum atomic E-state index is -0.541. The van der Waals surface area contributed by atoms with Crippen LogP contribution >= 0.6 is 0 Å². The zero-order valence-electron chi connectivity index (χ0n) is 14.6. The van der Waals surface area contributed by atoms with Gasteiger partial charge in [0.05, 0.1) is 30.1 Å². The van der Waals surface area contributed by atoms with Gasteiger partial charge >= 0.3 is 0 Å². The number of nitrogens with one attached hydrogen (secondary N) is 1. The van der Waals surface area contributed by atoms with Crippen LogP contribution in [0, 0.1) is 16.7 Å². The summed E-state index contributed by atoms with van der Waals surface area (Å²) >= 11 is 0. The molecule has 2 rings (SSSR count). The van der Waals surface area contributed by atoms with Gasteiger partial charge in [-0.3, -0.25) is 4.79 Å². The number of likely N-dealkylation sites (tertiary alicyclic amines) is 1. The number of likely N-dealkylation sites (N-methyl/N-ethyl adjacent to an activating group) is 1. The Bertz CT molecular complexity index is 603. The lowest BCUT2D eigenvalue weighted by atomic mass is 9.84. The molecule has 1 aromatic rings. The molecule has 1 heterocycles. The van der Waals surface area contributed by atoms with Crippen molar-refractivity contribution >= 4 is 5.91 Å². The third-order valence-corrected chi connectivity index (χ3v) is 4.87. The molecule has 0 saturated carbocycles. The average molecular weight is 313 g/mol. The molecule has 23 heavy (non-hydrogen) atoms. The third-order valence-electron chi connectivity index (χ3n) is 4.87. The first-order valence-electron chi connectivity index (χ1n) is 8.40. The molecule has 1 aromatic carbocycles. The van der Waals surface area contributed by atoms with Crippen LogP contribution in [0.5, 0.6) is 0 Å². The van der Waals surface area contributed by atoms with Gasteiger partial charge in [-0.2, -0.15) is 5.26 Å². The molecular formula is C19H27N3O. The maximum atomic E-state index is 12.7. The van der Waals surface area contributed by atoms with Crippen molar-refractivity contribution in [1.29, 1.82) is 5.26 Å². The number of hydrogen-bond donors (Lipinski definition) is 1. The Morgan fingerprint density at radius 3 is 2.78 bits per heavy atom. The smallest absolute Gasteiger partial charge is 0.237 e. The summed E-state index contributed by atoms with van der Waals surface area (Å²) in [4.78, 5) is 14.7. The van der Waals surface area contributed by atoms with Crippen LogP contribution in [0.1, 0.15) is 50.8 Å². The summed E-state index contributed by atoms with van der Waals surface area (Å²) in [5.41, 5.74) is 1.93. The molecule has 1 saturated heterocycles. The summed E-state index contributed by atoms with van der Waals surface area (Å²) in [5.74, 6) is 0.0743. The molecule has 2 unspecified atom stereocenters. The van der Waals surface area contributed by atoms with Gasteiger partial charge in [0.25, 0.3) is 0 Å². The van der Waals surface area contributed by atoms with Gasteiger partial charge in [0.15, 0.2) is 0 Å². The van der Waals surface area contributed by atoms with Gasteiger partial charge in [-0.1, -0.05) is 31.2 Å². The van der Waals surface area contributed by atoms with Crippen LogP contribution in [0.25, 0.3) is 0 Å². The van der Waals surface area contributed by atoms with Crippen molar-refractivity contribution in [2.75, 3.05) is 13.6 Å². The maximum absolute atomic E-state index is 12.7. The Kier molecular flexibility index (Phi) is 5.43. The van der Waals surface area contributed by atoms with Crippen molar-refractivity contribution in [2.45, 2.75) is 52.1 Å². The van der Waals surface area contributed by atoms with E-state index < -0.39 is 5.41 Å². The number of hydrogen-bond acceptors (Lipinski definition) is 3. The van der Waals surface area contributed by atoms with Crippen molar-refractivity contribution in [3.05, 3.63) is 35.4 Å². The van der Waals surface area contributed by atoms with Crippen LogP contribution < -0.4 is 5.32 Å². The van der Waals surface area contributed by atoms with E-state index in [0.717, 1.165) is 19.3 Å². The standard InChI is InChI=1S/C19H27N3O/c1-5-14-7-6-8-15(11-14)16-9-10-17(19(2,3)13-20)22(16)18(23)12-21-4/h6-8,11,16-17,21H,5,9-10,12H2,1-4H3. The van der Waals surface area contributed by atoms with Gasteiger partial charge in [-0.15, -0.1) is 0 Å². The van der Waals surface area contributed by atoms with Gasteiger partial charge < -0.3 is 10.2 Å². The fourth-order valence-electron chi connectivity index (χ4n) is 3.53. The predicted octanol–water partition coefficient (Wildman–Crippen LogP) is 3.05. The molecule has 1 fully saturated rings. The first kappa shape index (κ1) is 17.5. The molecule has 4 heteroatoms. The van der Waals surface area contributed by atoms with Crippen LogP contribution in [-0.4, -0.2) is 30.4 Å². The topological polar surface area (TPSA) is 56.1 Å². The van der Waals surface area contributed by atoms with E-state index in [-0.39, 0.29) is 18.0 Å². The van der Waals surface area contributed by atoms with Gasteiger partial charge in [0, 0.05) is 0 Å². The van der Waals surface area contributed by atoms with Crippen LogP contribution in [-0.2, 0) is 11.2 Å². The summed E-state index contributed by atoms with van der Waals surface area (Å²) < 4.78 is 0. The minimum Gasteiger partial charge on any atom is -0.330 e. The summed E-state index contributed by atoms with van der Waals surface area (Å²) in [6.07, 6.45) is 2.77. The molecular weight excluding hydrogens is 286 g/mol. The first-order valence-corrected chi connectivity index (χ1v) is 8.40. The molecule has 4 nitrogen and oxygen atoms in total. The SMILES string of the molecule is CCc1cccc(C2CCC(C(C)(C)C#N)N2C(=O)CNC)c1.